The molecule has 0 radical (unpaired) electrons. The average molecular weight is 657 g/mol. The van der Waals surface area contributed by atoms with E-state index in [4.69, 9.17) is 15.0 Å². The summed E-state index contributed by atoms with van der Waals surface area (Å²) in [5.41, 5.74) is 11.7. The molecule has 4 heteroatoms. The Kier molecular flexibility index (Phi) is 8.11. The smallest absolute Gasteiger partial charge is 0.164 e. The van der Waals surface area contributed by atoms with Gasteiger partial charge < -0.3 is 4.90 Å². The molecule has 0 atom stereocenters. The molecule has 2 aliphatic rings. The van der Waals surface area contributed by atoms with Crippen LogP contribution in [0.5, 0.6) is 0 Å². The summed E-state index contributed by atoms with van der Waals surface area (Å²) in [4.78, 5) is 17.2. The first-order valence-electron chi connectivity index (χ1n) is 17.7. The van der Waals surface area contributed by atoms with E-state index in [1.54, 1.807) is 0 Å². The SMILES string of the molecule is C1=CC(c2nc(-c3ccccc3)nc(-c3ccc(-c4ccc5c(c4)/C=C\CN(c4cccc6ccccc46)c4ccccc4C5)cc3)n2)=CCC1. The Bertz CT molecular complexity index is 2470. The maximum atomic E-state index is 4.95. The number of anilines is 2. The fourth-order valence-corrected chi connectivity index (χ4v) is 7.22. The average Bonchev–Trinajstić information content (AvgIpc) is 3.28. The van der Waals surface area contributed by atoms with Gasteiger partial charge >= 0.3 is 0 Å². The van der Waals surface area contributed by atoms with Crippen LogP contribution >= 0.6 is 0 Å². The maximum Gasteiger partial charge on any atom is 0.164 e. The van der Waals surface area contributed by atoms with Crippen molar-refractivity contribution in [3.8, 4) is 33.9 Å². The van der Waals surface area contributed by atoms with Gasteiger partial charge in [-0.3, -0.25) is 0 Å². The first-order valence-corrected chi connectivity index (χ1v) is 17.7. The molecule has 0 amide bonds. The predicted octanol–water partition coefficient (Wildman–Crippen LogP) is 11.5. The Labute approximate surface area is 298 Å². The lowest BCUT2D eigenvalue weighted by Gasteiger charge is -2.27. The first-order chi connectivity index (χ1) is 25.3. The van der Waals surface area contributed by atoms with E-state index in [0.717, 1.165) is 48.1 Å². The summed E-state index contributed by atoms with van der Waals surface area (Å²) >= 11 is 0. The second-order valence-corrected chi connectivity index (χ2v) is 13.1. The highest BCUT2D eigenvalue weighted by Crippen LogP contribution is 2.37. The molecule has 1 aromatic heterocycles. The van der Waals surface area contributed by atoms with Crippen molar-refractivity contribution in [2.24, 2.45) is 0 Å². The fraction of sp³-hybridized carbons (Fsp3) is 0.0851. The molecule has 1 aliphatic carbocycles. The zero-order chi connectivity index (χ0) is 34.0. The minimum atomic E-state index is 0.678. The third-order valence-corrected chi connectivity index (χ3v) is 9.85. The Morgan fingerprint density at radius 2 is 1.16 bits per heavy atom. The van der Waals surface area contributed by atoms with Gasteiger partial charge in [0.1, 0.15) is 0 Å². The van der Waals surface area contributed by atoms with E-state index in [0.29, 0.717) is 17.5 Å². The molecule has 4 nitrogen and oxygen atoms in total. The summed E-state index contributed by atoms with van der Waals surface area (Å²) < 4.78 is 0. The highest BCUT2D eigenvalue weighted by atomic mass is 15.1. The van der Waals surface area contributed by atoms with Crippen molar-refractivity contribution in [3.63, 3.8) is 0 Å². The van der Waals surface area contributed by atoms with E-state index in [2.05, 4.69) is 144 Å². The minimum absolute atomic E-state index is 0.678. The number of hydrogen-bond acceptors (Lipinski definition) is 4. The number of para-hydroxylation sites is 1. The van der Waals surface area contributed by atoms with Gasteiger partial charge in [-0.1, -0.05) is 152 Å². The van der Waals surface area contributed by atoms with E-state index >= 15 is 0 Å². The molecule has 0 fully saturated rings. The molecule has 0 unspecified atom stereocenters. The van der Waals surface area contributed by atoms with Crippen LogP contribution in [-0.2, 0) is 6.42 Å². The van der Waals surface area contributed by atoms with Crippen molar-refractivity contribution in [3.05, 3.63) is 186 Å². The van der Waals surface area contributed by atoms with Gasteiger partial charge in [0, 0.05) is 46.4 Å². The van der Waals surface area contributed by atoms with Crippen LogP contribution in [0.15, 0.2) is 164 Å². The molecular weight excluding hydrogens is 621 g/mol. The molecule has 0 saturated carbocycles. The normalized spacial score (nSPS) is 14.5. The molecule has 0 spiro atoms. The summed E-state index contributed by atoms with van der Waals surface area (Å²) in [7, 11) is 0. The molecule has 0 bridgehead atoms. The number of rotatable bonds is 5. The van der Waals surface area contributed by atoms with Gasteiger partial charge in [-0.05, 0) is 64.2 Å². The minimum Gasteiger partial charge on any atom is -0.337 e. The van der Waals surface area contributed by atoms with E-state index in [9.17, 15) is 0 Å². The second-order valence-electron chi connectivity index (χ2n) is 13.1. The molecule has 0 saturated heterocycles. The van der Waals surface area contributed by atoms with E-state index in [-0.39, 0.29) is 0 Å². The van der Waals surface area contributed by atoms with E-state index in [1.807, 2.05) is 30.3 Å². The number of aromatic nitrogens is 3. The maximum absolute atomic E-state index is 4.95. The number of allylic oxidation sites excluding steroid dienone is 4. The Hall–Kier alpha value is -6.39. The monoisotopic (exact) mass is 656 g/mol. The zero-order valence-electron chi connectivity index (χ0n) is 28.3. The van der Waals surface area contributed by atoms with Crippen molar-refractivity contribution in [1.29, 1.82) is 0 Å². The Balaban J connectivity index is 1.05. The van der Waals surface area contributed by atoms with Crippen molar-refractivity contribution in [1.82, 2.24) is 15.0 Å². The van der Waals surface area contributed by atoms with Crippen molar-refractivity contribution < 1.29 is 0 Å². The van der Waals surface area contributed by atoms with E-state index in [1.165, 1.54) is 44.4 Å². The van der Waals surface area contributed by atoms with E-state index < -0.39 is 0 Å². The molecular formula is C47H36N4. The van der Waals surface area contributed by atoms with Crippen LogP contribution in [0, 0.1) is 0 Å². The fourth-order valence-electron chi connectivity index (χ4n) is 7.22. The van der Waals surface area contributed by atoms with Gasteiger partial charge in [0.25, 0.3) is 0 Å². The van der Waals surface area contributed by atoms with Gasteiger partial charge in [0.2, 0.25) is 0 Å². The number of fused-ring (bicyclic) bond motifs is 3. The van der Waals surface area contributed by atoms with Gasteiger partial charge in [0.15, 0.2) is 17.5 Å². The standard InChI is InChI=1S/C47H36N4/c1-3-14-35(15-4-1)45-48-46(36-16-5-2-6-17-36)50-47(49-45)37-26-24-33(25-27-37)39-28-29-40-32-41-18-8-10-22-43(41)51(30-12-20-38(40)31-39)44-23-11-19-34-13-7-9-21-42(34)44/h1,3-5,7-29,31H,2,6,30,32H2/b20-12-. The van der Waals surface area contributed by atoms with Gasteiger partial charge in [0.05, 0.1) is 0 Å². The summed E-state index contributed by atoms with van der Waals surface area (Å²) in [6.45, 7) is 0.773. The number of hydrogen-bond donors (Lipinski definition) is 0. The van der Waals surface area contributed by atoms with Crippen molar-refractivity contribution in [2.45, 2.75) is 19.3 Å². The largest absolute Gasteiger partial charge is 0.337 e. The highest BCUT2D eigenvalue weighted by Gasteiger charge is 2.18. The van der Waals surface area contributed by atoms with Gasteiger partial charge in [-0.25, -0.2) is 15.0 Å². The van der Waals surface area contributed by atoms with Crippen LogP contribution < -0.4 is 4.90 Å². The third-order valence-electron chi connectivity index (χ3n) is 9.85. The van der Waals surface area contributed by atoms with Crippen molar-refractivity contribution in [2.75, 3.05) is 11.4 Å². The molecule has 9 rings (SSSR count). The molecule has 244 valence electrons. The van der Waals surface area contributed by atoms with Crippen LogP contribution in [0.4, 0.5) is 11.4 Å². The number of benzene rings is 6. The lowest BCUT2D eigenvalue weighted by atomic mass is 9.94. The molecule has 7 aromatic rings. The molecule has 51 heavy (non-hydrogen) atoms. The molecule has 1 aliphatic heterocycles. The third kappa shape index (κ3) is 6.17. The zero-order valence-corrected chi connectivity index (χ0v) is 28.3. The van der Waals surface area contributed by atoms with Crippen LogP contribution in [0.3, 0.4) is 0 Å². The van der Waals surface area contributed by atoms with Gasteiger partial charge in [-0.15, -0.1) is 0 Å². The van der Waals surface area contributed by atoms with Crippen molar-refractivity contribution >= 4 is 33.8 Å². The lowest BCUT2D eigenvalue weighted by molar-refractivity contribution is 1.01. The van der Waals surface area contributed by atoms with Crippen LogP contribution in [0.2, 0.25) is 0 Å². The number of nitrogens with zero attached hydrogens (tertiary/aromatic N) is 4. The Morgan fingerprint density at radius 3 is 2.00 bits per heavy atom. The summed E-state index contributed by atoms with van der Waals surface area (Å²) in [5, 5.41) is 2.51. The first kappa shape index (κ1) is 30.7. The lowest BCUT2D eigenvalue weighted by Crippen LogP contribution is -2.18. The van der Waals surface area contributed by atoms with Crippen LogP contribution in [0.1, 0.15) is 35.4 Å². The Morgan fingerprint density at radius 1 is 0.471 bits per heavy atom. The van der Waals surface area contributed by atoms with Crippen LogP contribution in [-0.4, -0.2) is 21.5 Å². The molecule has 2 heterocycles. The van der Waals surface area contributed by atoms with Gasteiger partial charge in [-0.2, -0.15) is 0 Å². The highest BCUT2D eigenvalue weighted by molar-refractivity contribution is 5.96. The summed E-state index contributed by atoms with van der Waals surface area (Å²) in [6, 6.07) is 49.7. The molecule has 0 N–H and O–H groups in total. The second kappa shape index (κ2) is 13.5. The predicted molar refractivity (Wildman–Crippen MR) is 212 cm³/mol. The van der Waals surface area contributed by atoms with Crippen LogP contribution in [0.25, 0.3) is 56.3 Å². The summed E-state index contributed by atoms with van der Waals surface area (Å²) in [6.07, 6.45) is 14.0. The topological polar surface area (TPSA) is 41.9 Å². The summed E-state index contributed by atoms with van der Waals surface area (Å²) in [5.74, 6) is 2.07. The quantitative estimate of drug-likeness (QED) is 0.185. The molecule has 6 aromatic carbocycles.